The van der Waals surface area contributed by atoms with Gasteiger partial charge in [-0.05, 0) is 60.2 Å². The number of anilines is 1. The number of carbonyl (C=O) groups excluding carboxylic acids is 2. The third-order valence-electron chi connectivity index (χ3n) is 4.58. The molecule has 0 aromatic heterocycles. The first-order chi connectivity index (χ1) is 16.0. The number of hydrogen-bond donors (Lipinski definition) is 1. The van der Waals surface area contributed by atoms with Gasteiger partial charge in [-0.1, -0.05) is 12.1 Å². The van der Waals surface area contributed by atoms with E-state index in [1.807, 2.05) is 6.07 Å². The molecule has 0 saturated carbocycles. The number of methoxy groups -OCH3 is 2. The van der Waals surface area contributed by atoms with Crippen LogP contribution in [0.1, 0.15) is 21.5 Å². The fourth-order valence-corrected chi connectivity index (χ4v) is 2.84. The molecule has 0 saturated heterocycles. The number of nitrogens with zero attached hydrogens (tertiary/aromatic N) is 1. The zero-order valence-corrected chi connectivity index (χ0v) is 18.2. The molecule has 1 N–H and O–H groups in total. The first-order valence-electron chi connectivity index (χ1n) is 9.93. The van der Waals surface area contributed by atoms with Gasteiger partial charge in [-0.15, -0.1) is 0 Å². The van der Waals surface area contributed by atoms with E-state index in [1.54, 1.807) is 55.6 Å². The third kappa shape index (κ3) is 6.48. The maximum atomic E-state index is 12.4. The zero-order valence-electron chi connectivity index (χ0n) is 18.2. The summed E-state index contributed by atoms with van der Waals surface area (Å²) in [5.74, 6) is 0.394. The standard InChI is InChI=1S/C25H22N2O6/c1-30-21-10-8-20(9-11-21)27-24(28)16-32-22-12-7-19(13-23(22)31-2)25(29)33-15-18-5-3-17(14-26)4-6-18/h3-13H,15-16H2,1-2H3,(H,27,28). The van der Waals surface area contributed by atoms with Gasteiger partial charge in [-0.3, -0.25) is 4.79 Å². The molecule has 0 heterocycles. The molecule has 168 valence electrons. The highest BCUT2D eigenvalue weighted by Gasteiger charge is 2.14. The number of nitrogens with one attached hydrogen (secondary N) is 1. The Labute approximate surface area is 191 Å². The molecule has 0 unspecified atom stereocenters. The molecule has 0 aliphatic heterocycles. The summed E-state index contributed by atoms with van der Waals surface area (Å²) in [5, 5.41) is 11.6. The van der Waals surface area contributed by atoms with Crippen molar-refractivity contribution < 1.29 is 28.5 Å². The van der Waals surface area contributed by atoms with Gasteiger partial charge in [0, 0.05) is 5.69 Å². The molecule has 0 bridgehead atoms. The van der Waals surface area contributed by atoms with Gasteiger partial charge in [-0.2, -0.15) is 5.26 Å². The molecule has 0 radical (unpaired) electrons. The van der Waals surface area contributed by atoms with E-state index in [2.05, 4.69) is 5.32 Å². The van der Waals surface area contributed by atoms with Crippen molar-refractivity contribution in [3.63, 3.8) is 0 Å². The third-order valence-corrected chi connectivity index (χ3v) is 4.58. The van der Waals surface area contributed by atoms with Gasteiger partial charge in [0.2, 0.25) is 0 Å². The van der Waals surface area contributed by atoms with Crippen molar-refractivity contribution in [2.75, 3.05) is 26.1 Å². The highest BCUT2D eigenvalue weighted by atomic mass is 16.5. The second kappa shape index (κ2) is 11.2. The maximum Gasteiger partial charge on any atom is 0.338 e. The Balaban J connectivity index is 1.56. The number of carbonyl (C=O) groups is 2. The van der Waals surface area contributed by atoms with Crippen LogP contribution < -0.4 is 19.5 Å². The number of benzene rings is 3. The molecule has 0 aliphatic rings. The Bertz CT molecular complexity index is 1150. The second-order valence-electron chi connectivity index (χ2n) is 6.82. The Morgan fingerprint density at radius 2 is 1.64 bits per heavy atom. The fraction of sp³-hybridized carbons (Fsp3) is 0.160. The smallest absolute Gasteiger partial charge is 0.338 e. The van der Waals surface area contributed by atoms with Crippen LogP contribution in [0.25, 0.3) is 0 Å². The van der Waals surface area contributed by atoms with Crippen molar-refractivity contribution in [3.8, 4) is 23.3 Å². The van der Waals surface area contributed by atoms with Crippen molar-refractivity contribution >= 4 is 17.6 Å². The van der Waals surface area contributed by atoms with Crippen molar-refractivity contribution in [3.05, 3.63) is 83.4 Å². The Morgan fingerprint density at radius 1 is 0.909 bits per heavy atom. The SMILES string of the molecule is COc1ccc(NC(=O)COc2ccc(C(=O)OCc3ccc(C#N)cc3)cc2OC)cc1. The molecule has 1 amide bonds. The largest absolute Gasteiger partial charge is 0.497 e. The van der Waals surface area contributed by atoms with Crippen LogP contribution in [0.4, 0.5) is 5.69 Å². The molecule has 3 aromatic carbocycles. The van der Waals surface area contributed by atoms with Gasteiger partial charge < -0.3 is 24.3 Å². The summed E-state index contributed by atoms with van der Waals surface area (Å²) in [6, 6.07) is 20.2. The van der Waals surface area contributed by atoms with Crippen LogP contribution in [-0.2, 0) is 16.1 Å². The highest BCUT2D eigenvalue weighted by Crippen LogP contribution is 2.28. The number of ether oxygens (including phenoxy) is 4. The lowest BCUT2D eigenvalue weighted by Crippen LogP contribution is -2.20. The summed E-state index contributed by atoms with van der Waals surface area (Å²) in [5.41, 5.74) is 2.17. The van der Waals surface area contributed by atoms with Crippen molar-refractivity contribution in [2.24, 2.45) is 0 Å². The minimum absolute atomic E-state index is 0.0661. The van der Waals surface area contributed by atoms with Crippen LogP contribution in [-0.4, -0.2) is 32.7 Å². The van der Waals surface area contributed by atoms with E-state index in [0.29, 0.717) is 28.5 Å². The molecule has 3 aromatic rings. The average Bonchev–Trinajstić information content (AvgIpc) is 2.86. The number of esters is 1. The predicted octanol–water partition coefficient (Wildman–Crippen LogP) is 3.95. The van der Waals surface area contributed by atoms with Crippen LogP contribution in [0.2, 0.25) is 0 Å². The van der Waals surface area contributed by atoms with Crippen LogP contribution in [0.3, 0.4) is 0 Å². The zero-order chi connectivity index (χ0) is 23.6. The molecule has 0 atom stereocenters. The Morgan fingerprint density at radius 3 is 2.27 bits per heavy atom. The van der Waals surface area contributed by atoms with E-state index in [1.165, 1.54) is 25.3 Å². The molecule has 0 aliphatic carbocycles. The van der Waals surface area contributed by atoms with Crippen LogP contribution in [0, 0.1) is 11.3 Å². The quantitative estimate of drug-likeness (QED) is 0.496. The first-order valence-corrected chi connectivity index (χ1v) is 9.93. The average molecular weight is 446 g/mol. The lowest BCUT2D eigenvalue weighted by molar-refractivity contribution is -0.118. The van der Waals surface area contributed by atoms with E-state index in [4.69, 9.17) is 24.2 Å². The number of rotatable bonds is 9. The molecular formula is C25H22N2O6. The van der Waals surface area contributed by atoms with E-state index < -0.39 is 5.97 Å². The fourth-order valence-electron chi connectivity index (χ4n) is 2.84. The van der Waals surface area contributed by atoms with E-state index >= 15 is 0 Å². The summed E-state index contributed by atoms with van der Waals surface area (Å²) >= 11 is 0. The topological polar surface area (TPSA) is 107 Å². The molecule has 0 spiro atoms. The molecular weight excluding hydrogens is 424 g/mol. The van der Waals surface area contributed by atoms with Crippen molar-refractivity contribution in [2.45, 2.75) is 6.61 Å². The summed E-state index contributed by atoms with van der Waals surface area (Å²) in [6.07, 6.45) is 0. The number of nitriles is 1. The number of amides is 1. The lowest BCUT2D eigenvalue weighted by Gasteiger charge is -2.12. The summed E-state index contributed by atoms with van der Waals surface area (Å²) < 4.78 is 21.2. The molecule has 0 fully saturated rings. The molecule has 8 heteroatoms. The van der Waals surface area contributed by atoms with Gasteiger partial charge in [-0.25, -0.2) is 4.79 Å². The Kier molecular flexibility index (Phi) is 7.86. The van der Waals surface area contributed by atoms with E-state index in [9.17, 15) is 9.59 Å². The van der Waals surface area contributed by atoms with Crippen LogP contribution >= 0.6 is 0 Å². The number of hydrogen-bond acceptors (Lipinski definition) is 7. The first kappa shape index (κ1) is 23.2. The van der Waals surface area contributed by atoms with Gasteiger partial charge in [0.05, 0.1) is 31.4 Å². The summed E-state index contributed by atoms with van der Waals surface area (Å²) in [6.45, 7) is -0.179. The molecule has 3 rings (SSSR count). The second-order valence-corrected chi connectivity index (χ2v) is 6.82. The minimum atomic E-state index is -0.540. The highest BCUT2D eigenvalue weighted by molar-refractivity contribution is 5.92. The van der Waals surface area contributed by atoms with Crippen LogP contribution in [0.15, 0.2) is 66.7 Å². The monoisotopic (exact) mass is 446 g/mol. The van der Waals surface area contributed by atoms with Crippen molar-refractivity contribution in [1.82, 2.24) is 0 Å². The van der Waals surface area contributed by atoms with Crippen molar-refractivity contribution in [1.29, 1.82) is 5.26 Å². The molecule has 8 nitrogen and oxygen atoms in total. The predicted molar refractivity (Wildman–Crippen MR) is 120 cm³/mol. The van der Waals surface area contributed by atoms with E-state index in [0.717, 1.165) is 5.56 Å². The summed E-state index contributed by atoms with van der Waals surface area (Å²) in [4.78, 5) is 24.6. The maximum absolute atomic E-state index is 12.4. The normalized spacial score (nSPS) is 9.97. The van der Waals surface area contributed by atoms with Gasteiger partial charge in [0.15, 0.2) is 18.1 Å². The van der Waals surface area contributed by atoms with Gasteiger partial charge >= 0.3 is 5.97 Å². The van der Waals surface area contributed by atoms with Gasteiger partial charge in [0.25, 0.3) is 5.91 Å². The summed E-state index contributed by atoms with van der Waals surface area (Å²) in [7, 11) is 3.00. The lowest BCUT2D eigenvalue weighted by atomic mass is 10.1. The van der Waals surface area contributed by atoms with Gasteiger partial charge in [0.1, 0.15) is 12.4 Å². The van der Waals surface area contributed by atoms with Crippen LogP contribution in [0.5, 0.6) is 17.2 Å². The minimum Gasteiger partial charge on any atom is -0.497 e. The Hall–Kier alpha value is -4.51. The van der Waals surface area contributed by atoms with E-state index in [-0.39, 0.29) is 24.7 Å². The molecule has 33 heavy (non-hydrogen) atoms.